The molecule has 0 aliphatic carbocycles. The van der Waals surface area contributed by atoms with Crippen LogP contribution in [-0.2, 0) is 20.1 Å². The van der Waals surface area contributed by atoms with Gasteiger partial charge in [0.15, 0.2) is 0 Å². The molecule has 0 saturated carbocycles. The topological polar surface area (TPSA) is 51.2 Å². The third-order valence-electron chi connectivity index (χ3n) is 0. The fraction of sp³-hybridized carbons (Fsp3) is 0. The molecular weight excluding hydrogens is 657 g/mol. The van der Waals surface area contributed by atoms with Gasteiger partial charge in [-0.3, -0.25) is 20.4 Å². The summed E-state index contributed by atoms with van der Waals surface area (Å²) in [6, 6.07) is 0. The molecular formula is C3H3I3IrO3-3. The van der Waals surface area contributed by atoms with Crippen LogP contribution in [0.3, 0.4) is 0 Å². The Kier molecular flexibility index (Phi) is 101. The molecule has 0 unspecified atom stereocenters. The zero-order chi connectivity index (χ0) is 9.58. The molecule has 0 aromatic heterocycles. The van der Waals surface area contributed by atoms with E-state index in [4.69, 9.17) is 14.4 Å². The summed E-state index contributed by atoms with van der Waals surface area (Å²) < 4.78 is 0. The maximum absolute atomic E-state index is 7.75. The predicted molar refractivity (Wildman–Crippen MR) is 62.3 cm³/mol. The van der Waals surface area contributed by atoms with Crippen molar-refractivity contribution in [3.05, 3.63) is 0 Å². The van der Waals surface area contributed by atoms with Gasteiger partial charge in [0.1, 0.15) is 0 Å². The van der Waals surface area contributed by atoms with Crippen LogP contribution in [0.1, 0.15) is 0 Å². The number of halogens is 3. The normalized spacial score (nSPS) is 5.70. The van der Waals surface area contributed by atoms with E-state index in [-0.39, 0.29) is 0 Å². The fourth-order valence-electron chi connectivity index (χ4n) is 0. The van der Waals surface area contributed by atoms with Gasteiger partial charge in [0.2, 0.25) is 0 Å². The van der Waals surface area contributed by atoms with Gasteiger partial charge in [-0.1, -0.05) is 0 Å². The molecule has 0 aliphatic rings. The van der Waals surface area contributed by atoms with Crippen LogP contribution in [0, 0.1) is 0 Å². The average Bonchev–Trinajstić information content (AvgIpc) is 1.98. The minimum atomic E-state index is -0.423. The Hall–Kier alpha value is 1.85. The summed E-state index contributed by atoms with van der Waals surface area (Å²) in [7, 11) is 0. The molecule has 10 heavy (non-hydrogen) atoms. The van der Waals surface area contributed by atoms with Crippen molar-refractivity contribution in [1.82, 2.24) is 0 Å². The van der Waals surface area contributed by atoms with Gasteiger partial charge >= 0.3 is 64.5 Å². The molecule has 7 heteroatoms. The van der Waals surface area contributed by atoms with E-state index in [1.807, 2.05) is 0 Å². The van der Waals surface area contributed by atoms with Crippen molar-refractivity contribution in [1.29, 1.82) is 0 Å². The second kappa shape index (κ2) is 44.8. The summed E-state index contributed by atoms with van der Waals surface area (Å²) >= 11 is 7.45. The van der Waals surface area contributed by atoms with Gasteiger partial charge in [0, 0.05) is 0 Å². The van der Waals surface area contributed by atoms with Crippen molar-refractivity contribution in [2.24, 2.45) is 0 Å². The fourth-order valence-corrected chi connectivity index (χ4v) is 0. The monoisotopic (exact) mass is 661 g/mol. The van der Waals surface area contributed by atoms with Gasteiger partial charge in [-0.15, -0.1) is 0 Å². The molecule has 0 N–H and O–H groups in total. The van der Waals surface area contributed by atoms with Crippen LogP contribution in [0.5, 0.6) is 0 Å². The van der Waals surface area contributed by atoms with Crippen LogP contribution in [-0.4, -0.2) is 20.4 Å². The Balaban J connectivity index is -0.0000000262. The molecule has 0 aromatic rings. The first-order valence-corrected chi connectivity index (χ1v) is 21.5. The van der Waals surface area contributed by atoms with Crippen LogP contribution in [0.15, 0.2) is 0 Å². The molecule has 0 atom stereocenters. The number of carbonyl (C=O) groups excluding carboxylic acids is 3. The summed E-state index contributed by atoms with van der Waals surface area (Å²) in [5.74, 6) is -0.423. The second-order valence-electron chi connectivity index (χ2n) is 0.143. The first kappa shape index (κ1) is 22.6. The van der Waals surface area contributed by atoms with Gasteiger partial charge < -0.3 is 14.4 Å². The van der Waals surface area contributed by atoms with E-state index < -0.39 is 5.75 Å². The zero-order valence-electron chi connectivity index (χ0n) is 4.42. The average molecular weight is 660 g/mol. The third-order valence-corrected chi connectivity index (χ3v) is 0. The van der Waals surface area contributed by atoms with Crippen LogP contribution in [0.2, 0.25) is 0 Å². The summed E-state index contributed by atoms with van der Waals surface area (Å²) in [5, 5.41) is 0. The molecule has 0 radical (unpaired) electrons. The first-order valence-electron chi connectivity index (χ1n) is 1.09. The van der Waals surface area contributed by atoms with Gasteiger partial charge in [-0.25, -0.2) is 0 Å². The Bertz CT molecular complexity index is 40.5. The Labute approximate surface area is 97.4 Å². The van der Waals surface area contributed by atoms with E-state index in [1.165, 1.54) is 0 Å². The van der Waals surface area contributed by atoms with E-state index >= 15 is 0 Å². The van der Waals surface area contributed by atoms with Crippen LogP contribution in [0.4, 0.5) is 0 Å². The number of rotatable bonds is 0. The maximum atomic E-state index is 7.75. The van der Waals surface area contributed by atoms with Crippen LogP contribution in [0.25, 0.3) is 0 Å². The molecule has 0 fully saturated rings. The molecule has 3 nitrogen and oxygen atoms in total. The Morgan fingerprint density at radius 1 is 0.700 bits per heavy atom. The van der Waals surface area contributed by atoms with Crippen molar-refractivity contribution < 1.29 is 20.1 Å². The quantitative estimate of drug-likeness (QED) is 0.227. The molecule has 0 rings (SSSR count). The van der Waals surface area contributed by atoms with Crippen molar-refractivity contribution in [3.63, 3.8) is 0 Å². The Morgan fingerprint density at radius 3 is 0.700 bits per heavy atom. The van der Waals surface area contributed by atoms with Gasteiger partial charge in [-0.2, -0.15) is 0 Å². The molecule has 0 aliphatic heterocycles. The summed E-state index contributed by atoms with van der Waals surface area (Å²) in [6.07, 6.45) is 0. The standard InChI is InChI=1S/3CHO.3HI.Ir/c3*1-2;;;;/h3*1H;3*1H;/q3*-1;;;;+3/p-3. The predicted octanol–water partition coefficient (Wildman–Crippen LogP) is 1.83. The zero-order valence-corrected chi connectivity index (χ0v) is 13.3. The molecule has 66 valence electrons. The SMILES string of the molecule is [CH-]=O.[CH-]=O.[CH-]=O.[I][Ir]([I])[I]. The van der Waals surface area contributed by atoms with Crippen molar-refractivity contribution >= 4 is 79.1 Å². The van der Waals surface area contributed by atoms with E-state index in [9.17, 15) is 0 Å². The summed E-state index contributed by atoms with van der Waals surface area (Å²) in [6.45, 7) is 9.75. The second-order valence-corrected chi connectivity index (χ2v) is 52.6. The van der Waals surface area contributed by atoms with Gasteiger partial charge in [-0.05, 0) is 0 Å². The van der Waals surface area contributed by atoms with Crippen LogP contribution < -0.4 is 0 Å². The summed E-state index contributed by atoms with van der Waals surface area (Å²) in [5.41, 5.74) is 0. The van der Waals surface area contributed by atoms with Crippen LogP contribution >= 0.6 is 58.8 Å². The first-order chi connectivity index (χ1) is 4.73. The van der Waals surface area contributed by atoms with E-state index in [0.717, 1.165) is 0 Å². The van der Waals surface area contributed by atoms with Gasteiger partial charge in [0.05, 0.1) is 0 Å². The van der Waals surface area contributed by atoms with Crippen molar-refractivity contribution in [2.45, 2.75) is 0 Å². The molecule has 0 saturated heterocycles. The van der Waals surface area contributed by atoms with Crippen molar-refractivity contribution in [2.75, 3.05) is 0 Å². The molecule has 0 spiro atoms. The van der Waals surface area contributed by atoms with E-state index in [2.05, 4.69) is 79.1 Å². The molecule has 0 aromatic carbocycles. The molecule has 0 heterocycles. The number of hydrogen-bond acceptors (Lipinski definition) is 3. The summed E-state index contributed by atoms with van der Waals surface area (Å²) in [4.78, 5) is 23.2. The third kappa shape index (κ3) is 226. The Morgan fingerprint density at radius 2 is 0.700 bits per heavy atom. The van der Waals surface area contributed by atoms with Gasteiger partial charge in [0.25, 0.3) is 0 Å². The van der Waals surface area contributed by atoms with Crippen molar-refractivity contribution in [3.8, 4) is 0 Å². The van der Waals surface area contributed by atoms with E-state index in [1.54, 1.807) is 0 Å². The molecule has 0 bridgehead atoms. The number of hydrogen-bond donors (Lipinski definition) is 0. The molecule has 0 amide bonds. The minimum absolute atomic E-state index is 0.423. The van der Waals surface area contributed by atoms with E-state index in [0.29, 0.717) is 0 Å².